The molecule has 0 aliphatic carbocycles. The van der Waals surface area contributed by atoms with Crippen molar-refractivity contribution in [3.05, 3.63) is 53.2 Å². The lowest BCUT2D eigenvalue weighted by molar-refractivity contribution is -0.136. The summed E-state index contributed by atoms with van der Waals surface area (Å²) in [6, 6.07) is 9.52. The van der Waals surface area contributed by atoms with E-state index in [0.717, 1.165) is 62.9 Å². The van der Waals surface area contributed by atoms with Gasteiger partial charge in [-0.15, -0.1) is 0 Å². The van der Waals surface area contributed by atoms with Gasteiger partial charge in [-0.2, -0.15) is 0 Å². The maximum Gasteiger partial charge on any atom is 0.255 e. The number of likely N-dealkylation sites (tertiary alicyclic amines) is 1. The normalized spacial score (nSPS) is 24.1. The molecule has 5 heterocycles. The van der Waals surface area contributed by atoms with Crippen LogP contribution in [0.15, 0.2) is 36.5 Å². The van der Waals surface area contributed by atoms with E-state index in [-0.39, 0.29) is 18.2 Å². The number of carbonyl (C=O) groups is 3. The second kappa shape index (κ2) is 11.3. The Bertz CT molecular complexity index is 1230. The molecule has 2 aromatic rings. The molecule has 1 aromatic carbocycles. The van der Waals surface area contributed by atoms with Crippen LogP contribution in [0.2, 0.25) is 0 Å². The summed E-state index contributed by atoms with van der Waals surface area (Å²) in [5.74, 6) is 0.889. The second-order valence-corrected chi connectivity index (χ2v) is 10.8. The monoisotopic (exact) mass is 533 g/mol. The fourth-order valence-electron chi connectivity index (χ4n) is 6.01. The average molecular weight is 534 g/mol. The van der Waals surface area contributed by atoms with Gasteiger partial charge in [0.05, 0.1) is 13.2 Å². The molecule has 1 aromatic heterocycles. The first kappa shape index (κ1) is 25.8. The minimum absolute atomic E-state index is 0.169. The number of carbonyl (C=O) groups excluding carboxylic acids is 3. The number of amides is 3. The van der Waals surface area contributed by atoms with E-state index in [9.17, 15) is 14.4 Å². The number of pyridine rings is 1. The van der Waals surface area contributed by atoms with Crippen LogP contribution in [0.5, 0.6) is 5.75 Å². The summed E-state index contributed by atoms with van der Waals surface area (Å²) in [5.41, 5.74) is 2.65. The predicted molar refractivity (Wildman–Crippen MR) is 143 cm³/mol. The van der Waals surface area contributed by atoms with E-state index in [1.807, 2.05) is 18.3 Å². The van der Waals surface area contributed by atoms with Crippen molar-refractivity contribution in [1.82, 2.24) is 20.1 Å². The fourth-order valence-corrected chi connectivity index (χ4v) is 6.01. The van der Waals surface area contributed by atoms with Crippen molar-refractivity contribution >= 4 is 23.5 Å². The molecule has 2 atom stereocenters. The van der Waals surface area contributed by atoms with Crippen molar-refractivity contribution in [3.8, 4) is 5.75 Å². The van der Waals surface area contributed by atoms with Crippen LogP contribution in [0.3, 0.4) is 0 Å². The number of fused-ring (bicyclic) bond motifs is 1. The van der Waals surface area contributed by atoms with Gasteiger partial charge in [-0.05, 0) is 61.2 Å². The number of anilines is 1. The fraction of sp³-hybridized carbons (Fsp3) is 0.517. The summed E-state index contributed by atoms with van der Waals surface area (Å²) in [6.45, 7) is 6.04. The summed E-state index contributed by atoms with van der Waals surface area (Å²) < 4.78 is 11.7. The third kappa shape index (κ3) is 5.62. The molecule has 3 saturated heterocycles. The third-order valence-corrected chi connectivity index (χ3v) is 8.22. The van der Waals surface area contributed by atoms with E-state index in [1.165, 1.54) is 18.4 Å². The minimum Gasteiger partial charge on any atom is -0.492 e. The van der Waals surface area contributed by atoms with Crippen LogP contribution in [0, 0.1) is 0 Å². The molecule has 1 N–H and O–H groups in total. The summed E-state index contributed by atoms with van der Waals surface area (Å²) in [6.07, 6.45) is 6.02. The number of ether oxygens (including phenoxy) is 2. The number of hydrogen-bond donors (Lipinski definition) is 1. The lowest BCUT2D eigenvalue weighted by Gasteiger charge is -2.35. The maximum atomic E-state index is 13.0. The Morgan fingerprint density at radius 2 is 1.90 bits per heavy atom. The van der Waals surface area contributed by atoms with Crippen LogP contribution in [0.25, 0.3) is 0 Å². The topological polar surface area (TPSA) is 104 Å². The number of morpholine rings is 1. The Labute approximate surface area is 228 Å². The average Bonchev–Trinajstić information content (AvgIpc) is 3.28. The van der Waals surface area contributed by atoms with Crippen LogP contribution < -0.4 is 15.0 Å². The summed E-state index contributed by atoms with van der Waals surface area (Å²) in [7, 11) is 0. The lowest BCUT2D eigenvalue weighted by Crippen LogP contribution is -2.52. The van der Waals surface area contributed by atoms with Crippen molar-refractivity contribution in [2.75, 3.05) is 44.4 Å². The molecule has 3 amide bonds. The first-order valence-electron chi connectivity index (χ1n) is 14.0. The van der Waals surface area contributed by atoms with Gasteiger partial charge in [0.25, 0.3) is 5.91 Å². The van der Waals surface area contributed by atoms with E-state index in [1.54, 1.807) is 11.0 Å². The number of aromatic nitrogens is 1. The van der Waals surface area contributed by atoms with Crippen LogP contribution in [-0.2, 0) is 27.4 Å². The Hall–Kier alpha value is -3.50. The van der Waals surface area contributed by atoms with Gasteiger partial charge in [0.1, 0.15) is 24.2 Å². The van der Waals surface area contributed by atoms with Gasteiger partial charge < -0.3 is 19.3 Å². The van der Waals surface area contributed by atoms with E-state index in [4.69, 9.17) is 14.5 Å². The third-order valence-electron chi connectivity index (χ3n) is 8.22. The van der Waals surface area contributed by atoms with Crippen molar-refractivity contribution < 1.29 is 23.9 Å². The molecule has 0 spiro atoms. The molecule has 2 unspecified atom stereocenters. The summed E-state index contributed by atoms with van der Waals surface area (Å²) >= 11 is 0. The number of rotatable bonds is 7. The molecule has 0 radical (unpaired) electrons. The Morgan fingerprint density at radius 3 is 2.69 bits per heavy atom. The van der Waals surface area contributed by atoms with Crippen LogP contribution in [-0.4, -0.2) is 84.0 Å². The van der Waals surface area contributed by atoms with Gasteiger partial charge in [-0.25, -0.2) is 4.98 Å². The molecule has 3 fully saturated rings. The summed E-state index contributed by atoms with van der Waals surface area (Å²) in [5, 5.41) is 2.35. The van der Waals surface area contributed by atoms with Crippen molar-refractivity contribution in [1.29, 1.82) is 0 Å². The number of hydrogen-bond acceptors (Lipinski definition) is 8. The Balaban J connectivity index is 1.06. The molecule has 10 heteroatoms. The molecule has 0 bridgehead atoms. The number of benzene rings is 1. The number of imide groups is 1. The molecular formula is C29H35N5O5. The highest BCUT2D eigenvalue weighted by molar-refractivity contribution is 6.05. The van der Waals surface area contributed by atoms with Crippen LogP contribution in [0.1, 0.15) is 53.6 Å². The zero-order valence-electron chi connectivity index (χ0n) is 22.1. The highest BCUT2D eigenvalue weighted by Crippen LogP contribution is 2.31. The zero-order chi connectivity index (χ0) is 26.8. The highest BCUT2D eigenvalue weighted by Gasteiger charge is 2.39. The summed E-state index contributed by atoms with van der Waals surface area (Å²) in [4.78, 5) is 47.8. The van der Waals surface area contributed by atoms with E-state index in [0.29, 0.717) is 31.2 Å². The van der Waals surface area contributed by atoms with Crippen LogP contribution >= 0.6 is 0 Å². The van der Waals surface area contributed by atoms with Gasteiger partial charge in [-0.1, -0.05) is 12.5 Å². The SMILES string of the molecule is O=C1CCC(N2Cc3cc(OCC4CCCCN4Cc4ccc(N5CCOCC5)nc4)ccc3C2=O)C(=O)N1. The smallest absolute Gasteiger partial charge is 0.255 e. The van der Waals surface area contributed by atoms with Gasteiger partial charge in [-0.3, -0.25) is 24.6 Å². The van der Waals surface area contributed by atoms with Gasteiger partial charge >= 0.3 is 0 Å². The highest BCUT2D eigenvalue weighted by atomic mass is 16.5. The van der Waals surface area contributed by atoms with E-state index in [2.05, 4.69) is 27.2 Å². The zero-order valence-corrected chi connectivity index (χ0v) is 22.1. The Kier molecular flexibility index (Phi) is 7.47. The molecule has 39 heavy (non-hydrogen) atoms. The number of nitrogens with one attached hydrogen (secondary N) is 1. The largest absolute Gasteiger partial charge is 0.492 e. The molecule has 0 saturated carbocycles. The van der Waals surface area contributed by atoms with E-state index < -0.39 is 11.9 Å². The quantitative estimate of drug-likeness (QED) is 0.540. The van der Waals surface area contributed by atoms with Gasteiger partial charge in [0.15, 0.2) is 0 Å². The number of nitrogens with zero attached hydrogens (tertiary/aromatic N) is 4. The molecule has 4 aliphatic heterocycles. The lowest BCUT2D eigenvalue weighted by atomic mass is 10.0. The van der Waals surface area contributed by atoms with Crippen molar-refractivity contribution in [2.45, 2.75) is 57.3 Å². The standard InChI is InChI=1S/C29H35N5O5/c35-27-9-7-25(28(36)31-27)34-18-21-15-23(5-6-24(21)29(34)37)39-19-22-3-1-2-10-33(22)17-20-4-8-26(30-16-20)32-11-13-38-14-12-32/h4-6,8,15-16,22,25H,1-3,7,9-14,17-19H2,(H,31,35,36). The molecule has 4 aliphatic rings. The first-order valence-corrected chi connectivity index (χ1v) is 14.0. The van der Waals surface area contributed by atoms with E-state index >= 15 is 0 Å². The minimum atomic E-state index is -0.611. The molecule has 206 valence electrons. The Morgan fingerprint density at radius 1 is 1.03 bits per heavy atom. The first-order chi connectivity index (χ1) is 19.0. The molecular weight excluding hydrogens is 498 g/mol. The van der Waals surface area contributed by atoms with Gasteiger partial charge in [0.2, 0.25) is 11.8 Å². The second-order valence-electron chi connectivity index (χ2n) is 10.8. The van der Waals surface area contributed by atoms with Crippen molar-refractivity contribution in [3.63, 3.8) is 0 Å². The van der Waals surface area contributed by atoms with Crippen molar-refractivity contribution in [2.24, 2.45) is 0 Å². The predicted octanol–water partition coefficient (Wildman–Crippen LogP) is 2.11. The molecule has 10 nitrogen and oxygen atoms in total. The van der Waals surface area contributed by atoms with Gasteiger partial charge in [0, 0.05) is 50.4 Å². The maximum absolute atomic E-state index is 13.0. The van der Waals surface area contributed by atoms with Crippen LogP contribution in [0.4, 0.5) is 5.82 Å². The molecule has 6 rings (SSSR count). The number of piperidine rings is 2.